The van der Waals surface area contributed by atoms with Crippen LogP contribution in [0.3, 0.4) is 0 Å². The lowest BCUT2D eigenvalue weighted by molar-refractivity contribution is 0.198. The maximum atomic E-state index is 6.55. The van der Waals surface area contributed by atoms with E-state index in [4.69, 9.17) is 14.5 Å². The number of nitrogens with one attached hydrogen (secondary N) is 3. The number of methoxy groups -OCH3 is 1. The van der Waals surface area contributed by atoms with E-state index in [-0.39, 0.29) is 0 Å². The van der Waals surface area contributed by atoms with E-state index in [1.54, 1.807) is 19.5 Å². The second-order valence-electron chi connectivity index (χ2n) is 9.30. The first-order valence-electron chi connectivity index (χ1n) is 12.9. The summed E-state index contributed by atoms with van der Waals surface area (Å²) in [6.07, 6.45) is 6.71. The third-order valence-electron chi connectivity index (χ3n) is 6.58. The number of benzene rings is 2. The first-order valence-corrected chi connectivity index (χ1v) is 12.9. The van der Waals surface area contributed by atoms with E-state index in [9.17, 15) is 0 Å². The van der Waals surface area contributed by atoms with E-state index in [1.807, 2.05) is 18.2 Å². The highest BCUT2D eigenvalue weighted by Crippen LogP contribution is 2.38. The van der Waals surface area contributed by atoms with Crippen LogP contribution in [0.4, 0.5) is 11.6 Å². The van der Waals surface area contributed by atoms with Crippen LogP contribution in [-0.2, 0) is 4.74 Å². The van der Waals surface area contributed by atoms with Crippen LogP contribution in [-0.4, -0.2) is 54.3 Å². The summed E-state index contributed by atoms with van der Waals surface area (Å²) in [5, 5.41) is 12.5. The summed E-state index contributed by atoms with van der Waals surface area (Å²) in [5.41, 5.74) is 3.70. The van der Waals surface area contributed by atoms with Gasteiger partial charge in [0.15, 0.2) is 0 Å². The Hall–Kier alpha value is -3.75. The van der Waals surface area contributed by atoms with Crippen LogP contribution in [0.1, 0.15) is 24.8 Å². The molecule has 0 bridgehead atoms. The molecule has 5 rings (SSSR count). The lowest BCUT2D eigenvalue weighted by Crippen LogP contribution is -2.38. The first-order chi connectivity index (χ1) is 18.2. The van der Waals surface area contributed by atoms with Gasteiger partial charge in [-0.1, -0.05) is 24.3 Å². The molecule has 0 radical (unpaired) electrons. The molecule has 8 nitrogen and oxygen atoms in total. The number of aryl methyl sites for hydroxylation is 1. The van der Waals surface area contributed by atoms with Crippen molar-refractivity contribution in [3.05, 3.63) is 66.5 Å². The Kier molecular flexibility index (Phi) is 8.08. The smallest absolute Gasteiger partial charge is 0.228 e. The number of fused-ring (bicyclic) bond motifs is 1. The van der Waals surface area contributed by atoms with Crippen molar-refractivity contribution in [1.82, 2.24) is 20.3 Å². The minimum absolute atomic E-state index is 0.323. The predicted octanol–water partition coefficient (Wildman–Crippen LogP) is 5.40. The molecule has 37 heavy (non-hydrogen) atoms. The van der Waals surface area contributed by atoms with Crippen LogP contribution in [0.5, 0.6) is 11.6 Å². The molecule has 0 spiro atoms. The Morgan fingerprint density at radius 3 is 2.84 bits per heavy atom. The first kappa shape index (κ1) is 24.9. The summed E-state index contributed by atoms with van der Waals surface area (Å²) in [6, 6.07) is 16.6. The molecule has 0 aliphatic carbocycles. The fourth-order valence-corrected chi connectivity index (χ4v) is 4.67. The Morgan fingerprint density at radius 2 is 1.97 bits per heavy atom. The number of anilines is 2. The largest absolute Gasteiger partial charge is 0.437 e. The standard InChI is InChI=1S/C29H34N6O2/c1-20-11-12-22-23(8-3-10-25(22)31-16-6-18-36-2)27(20)37-28-24(9-5-15-32-28)26-13-17-33-29(35-26)34-21-7-4-14-30-19-21/h3,5,8-13,15,17,21,30-31H,4,6-7,14,16,18-19H2,1-2H3,(H,33,34,35)/t21-/m0/s1. The van der Waals surface area contributed by atoms with Crippen molar-refractivity contribution in [3.8, 4) is 22.9 Å². The Bertz CT molecular complexity index is 1340. The van der Waals surface area contributed by atoms with Gasteiger partial charge >= 0.3 is 0 Å². The highest BCUT2D eigenvalue weighted by Gasteiger charge is 2.17. The van der Waals surface area contributed by atoms with Gasteiger partial charge in [0.2, 0.25) is 11.8 Å². The maximum absolute atomic E-state index is 6.55. The van der Waals surface area contributed by atoms with Crippen LogP contribution in [0.25, 0.3) is 22.0 Å². The zero-order chi connectivity index (χ0) is 25.5. The third-order valence-corrected chi connectivity index (χ3v) is 6.58. The summed E-state index contributed by atoms with van der Waals surface area (Å²) >= 11 is 0. The lowest BCUT2D eigenvalue weighted by Gasteiger charge is -2.23. The second kappa shape index (κ2) is 12.0. The van der Waals surface area contributed by atoms with Gasteiger partial charge in [-0.25, -0.2) is 15.0 Å². The molecule has 3 N–H and O–H groups in total. The molecule has 0 saturated carbocycles. The number of rotatable bonds is 10. The fourth-order valence-electron chi connectivity index (χ4n) is 4.67. The number of pyridine rings is 1. The Labute approximate surface area is 217 Å². The van der Waals surface area contributed by atoms with E-state index >= 15 is 0 Å². The molecule has 1 fully saturated rings. The molecule has 3 heterocycles. The van der Waals surface area contributed by atoms with Crippen molar-refractivity contribution >= 4 is 22.4 Å². The van der Waals surface area contributed by atoms with Crippen LogP contribution in [0.2, 0.25) is 0 Å². The summed E-state index contributed by atoms with van der Waals surface area (Å²) in [4.78, 5) is 13.8. The van der Waals surface area contributed by atoms with Gasteiger partial charge in [-0.3, -0.25) is 0 Å². The summed E-state index contributed by atoms with van der Waals surface area (Å²) in [6.45, 7) is 5.60. The molecular formula is C29H34N6O2. The van der Waals surface area contributed by atoms with Crippen LogP contribution >= 0.6 is 0 Å². The van der Waals surface area contributed by atoms with Crippen molar-refractivity contribution in [1.29, 1.82) is 0 Å². The van der Waals surface area contributed by atoms with E-state index in [0.29, 0.717) is 17.9 Å². The summed E-state index contributed by atoms with van der Waals surface area (Å²) in [5.74, 6) is 1.92. The molecule has 8 heteroatoms. The zero-order valence-electron chi connectivity index (χ0n) is 21.5. The van der Waals surface area contributed by atoms with Crippen LogP contribution in [0, 0.1) is 6.92 Å². The third kappa shape index (κ3) is 5.98. The van der Waals surface area contributed by atoms with Gasteiger partial charge in [-0.15, -0.1) is 0 Å². The fraction of sp³-hybridized carbons (Fsp3) is 0.345. The van der Waals surface area contributed by atoms with Gasteiger partial charge in [-0.2, -0.15) is 0 Å². The molecule has 0 amide bonds. The molecular weight excluding hydrogens is 464 g/mol. The van der Waals surface area contributed by atoms with Crippen molar-refractivity contribution in [3.63, 3.8) is 0 Å². The Balaban J connectivity index is 1.44. The van der Waals surface area contributed by atoms with Gasteiger partial charge in [0.25, 0.3) is 0 Å². The molecule has 2 aromatic carbocycles. The molecule has 4 aromatic rings. The van der Waals surface area contributed by atoms with E-state index in [2.05, 4.69) is 63.2 Å². The molecule has 1 saturated heterocycles. The summed E-state index contributed by atoms with van der Waals surface area (Å²) in [7, 11) is 1.73. The van der Waals surface area contributed by atoms with E-state index in [1.165, 1.54) is 0 Å². The van der Waals surface area contributed by atoms with E-state index < -0.39 is 0 Å². The number of aromatic nitrogens is 3. The maximum Gasteiger partial charge on any atom is 0.228 e. The van der Waals surface area contributed by atoms with Crippen LogP contribution < -0.4 is 20.7 Å². The molecule has 2 aromatic heterocycles. The molecule has 0 unspecified atom stereocenters. The van der Waals surface area contributed by atoms with Gasteiger partial charge in [0.1, 0.15) is 5.75 Å². The predicted molar refractivity (Wildman–Crippen MR) is 149 cm³/mol. The SMILES string of the molecule is COCCCNc1cccc2c(Oc3ncccc3-c3ccnc(N[C@H]4CCCNC4)n3)c(C)ccc12. The second-order valence-corrected chi connectivity index (χ2v) is 9.30. The van der Waals surface area contributed by atoms with Gasteiger partial charge in [0.05, 0.1) is 11.3 Å². The molecule has 1 aliphatic rings. The number of hydrogen-bond donors (Lipinski definition) is 3. The minimum atomic E-state index is 0.323. The van der Waals surface area contributed by atoms with Gasteiger partial charge < -0.3 is 25.4 Å². The lowest BCUT2D eigenvalue weighted by atomic mass is 10.0. The quantitative estimate of drug-likeness (QED) is 0.250. The number of hydrogen-bond acceptors (Lipinski definition) is 8. The van der Waals surface area contributed by atoms with Crippen LogP contribution in [0.15, 0.2) is 60.9 Å². The molecule has 1 aliphatic heterocycles. The molecule has 1 atom stereocenters. The van der Waals surface area contributed by atoms with Crippen molar-refractivity contribution in [2.75, 3.05) is 44.0 Å². The van der Waals surface area contributed by atoms with Gasteiger partial charge in [0, 0.05) is 61.7 Å². The number of ether oxygens (including phenoxy) is 2. The van der Waals surface area contributed by atoms with Gasteiger partial charge in [-0.05, 0) is 62.6 Å². The Morgan fingerprint density at radius 1 is 1.03 bits per heavy atom. The topological polar surface area (TPSA) is 93.2 Å². The highest BCUT2D eigenvalue weighted by atomic mass is 16.5. The van der Waals surface area contributed by atoms with Crippen molar-refractivity contribution in [2.24, 2.45) is 0 Å². The minimum Gasteiger partial charge on any atom is -0.437 e. The molecule has 192 valence electrons. The average Bonchev–Trinajstić information content (AvgIpc) is 2.94. The van der Waals surface area contributed by atoms with Crippen molar-refractivity contribution in [2.45, 2.75) is 32.2 Å². The van der Waals surface area contributed by atoms with E-state index in [0.717, 1.165) is 84.5 Å². The average molecular weight is 499 g/mol. The zero-order valence-corrected chi connectivity index (χ0v) is 21.5. The number of piperidine rings is 1. The summed E-state index contributed by atoms with van der Waals surface area (Å²) < 4.78 is 11.7. The monoisotopic (exact) mass is 498 g/mol. The number of nitrogens with zero attached hydrogens (tertiary/aromatic N) is 3. The van der Waals surface area contributed by atoms with Crippen molar-refractivity contribution < 1.29 is 9.47 Å². The normalized spacial score (nSPS) is 15.5. The highest BCUT2D eigenvalue weighted by molar-refractivity contribution is 5.98.